The maximum Gasteiger partial charge on any atom is 0.255 e. The van der Waals surface area contributed by atoms with Crippen LogP contribution in [-0.2, 0) is 27.1 Å². The summed E-state index contributed by atoms with van der Waals surface area (Å²) < 4.78 is 3.97. The molecule has 1 fully saturated rings. The van der Waals surface area contributed by atoms with Crippen LogP contribution in [0, 0.1) is 0 Å². The van der Waals surface area contributed by atoms with E-state index < -0.39 is 0 Å². The second kappa shape index (κ2) is 7.44. The van der Waals surface area contributed by atoms with Crippen molar-refractivity contribution in [2.24, 2.45) is 14.1 Å². The highest BCUT2D eigenvalue weighted by atomic mass is 16.1. The SMILES string of the molecule is Cn1ncc(C(=O)NCc2ccc3c(c2)nc(C2CC2)n3C)c1Cc1ccccc1. The zero-order chi connectivity index (χ0) is 20.7. The highest BCUT2D eigenvalue weighted by molar-refractivity contribution is 5.95. The lowest BCUT2D eigenvalue weighted by Crippen LogP contribution is -2.24. The van der Waals surface area contributed by atoms with Gasteiger partial charge in [0.05, 0.1) is 28.5 Å². The van der Waals surface area contributed by atoms with Crippen LogP contribution in [0.2, 0.25) is 0 Å². The highest BCUT2D eigenvalue weighted by Crippen LogP contribution is 2.40. The maximum atomic E-state index is 12.9. The van der Waals surface area contributed by atoms with E-state index in [0.29, 0.717) is 24.4 Å². The van der Waals surface area contributed by atoms with Crippen molar-refractivity contribution in [2.75, 3.05) is 0 Å². The summed E-state index contributed by atoms with van der Waals surface area (Å²) in [7, 11) is 3.96. The van der Waals surface area contributed by atoms with Crippen molar-refractivity contribution < 1.29 is 4.79 Å². The fraction of sp³-hybridized carbons (Fsp3) is 0.292. The summed E-state index contributed by atoms with van der Waals surface area (Å²) in [5.41, 5.74) is 5.87. The summed E-state index contributed by atoms with van der Waals surface area (Å²) in [6.07, 6.45) is 4.79. The van der Waals surface area contributed by atoms with Crippen molar-refractivity contribution in [3.8, 4) is 0 Å². The number of hydrogen-bond donors (Lipinski definition) is 1. The average Bonchev–Trinajstić information content (AvgIpc) is 3.47. The van der Waals surface area contributed by atoms with E-state index in [1.54, 1.807) is 10.9 Å². The summed E-state index contributed by atoms with van der Waals surface area (Å²) in [6, 6.07) is 16.4. The number of nitrogens with zero attached hydrogens (tertiary/aromatic N) is 4. The Balaban J connectivity index is 1.32. The lowest BCUT2D eigenvalue weighted by Gasteiger charge is -2.08. The zero-order valence-electron chi connectivity index (χ0n) is 17.3. The number of benzene rings is 2. The molecule has 30 heavy (non-hydrogen) atoms. The van der Waals surface area contributed by atoms with Crippen LogP contribution < -0.4 is 5.32 Å². The fourth-order valence-corrected chi connectivity index (χ4v) is 4.01. The molecule has 0 spiro atoms. The Hall–Kier alpha value is -3.41. The van der Waals surface area contributed by atoms with E-state index in [1.807, 2.05) is 25.2 Å². The first kappa shape index (κ1) is 18.6. The predicted octanol–water partition coefficient (Wildman–Crippen LogP) is 3.71. The largest absolute Gasteiger partial charge is 0.348 e. The topological polar surface area (TPSA) is 64.7 Å². The first-order valence-corrected chi connectivity index (χ1v) is 10.4. The van der Waals surface area contributed by atoms with Gasteiger partial charge in [0.1, 0.15) is 5.82 Å². The third-order valence-electron chi connectivity index (χ3n) is 5.90. The van der Waals surface area contributed by atoms with Gasteiger partial charge < -0.3 is 9.88 Å². The van der Waals surface area contributed by atoms with Gasteiger partial charge in [-0.2, -0.15) is 5.10 Å². The molecule has 0 atom stereocenters. The molecule has 4 aromatic rings. The standard InChI is InChI=1S/C24H25N5O/c1-28-21-11-8-17(12-20(21)27-23(28)18-9-10-18)14-25-24(30)19-15-26-29(2)22(19)13-16-6-4-3-5-7-16/h3-8,11-12,15,18H,9-10,13-14H2,1-2H3,(H,25,30). The van der Waals surface area contributed by atoms with Crippen molar-refractivity contribution in [3.63, 3.8) is 0 Å². The number of carbonyl (C=O) groups excluding carboxylic acids is 1. The lowest BCUT2D eigenvalue weighted by molar-refractivity contribution is 0.0950. The number of carbonyl (C=O) groups is 1. The van der Waals surface area contributed by atoms with Crippen LogP contribution >= 0.6 is 0 Å². The van der Waals surface area contributed by atoms with Gasteiger partial charge in [-0.3, -0.25) is 9.48 Å². The quantitative estimate of drug-likeness (QED) is 0.538. The molecule has 0 unspecified atom stereocenters. The molecule has 5 rings (SSSR count). The molecule has 6 heteroatoms. The van der Waals surface area contributed by atoms with E-state index in [0.717, 1.165) is 27.9 Å². The molecule has 2 aromatic carbocycles. The number of imidazole rings is 1. The Kier molecular flexibility index (Phi) is 4.62. The van der Waals surface area contributed by atoms with E-state index in [-0.39, 0.29) is 5.91 Å². The minimum atomic E-state index is -0.103. The van der Waals surface area contributed by atoms with Crippen LogP contribution in [0.1, 0.15) is 51.8 Å². The number of aryl methyl sites for hydroxylation is 2. The van der Waals surface area contributed by atoms with E-state index >= 15 is 0 Å². The second-order valence-corrected chi connectivity index (χ2v) is 8.10. The van der Waals surface area contributed by atoms with Gasteiger partial charge in [-0.15, -0.1) is 0 Å². The molecular formula is C24H25N5O. The molecule has 1 aliphatic carbocycles. The number of amides is 1. The summed E-state index contributed by atoms with van der Waals surface area (Å²) in [4.78, 5) is 17.7. The Morgan fingerprint density at radius 3 is 2.67 bits per heavy atom. The van der Waals surface area contributed by atoms with Gasteiger partial charge in [0.25, 0.3) is 5.91 Å². The first-order valence-electron chi connectivity index (χ1n) is 10.4. The molecule has 1 saturated carbocycles. The van der Waals surface area contributed by atoms with Gasteiger partial charge in [-0.1, -0.05) is 36.4 Å². The van der Waals surface area contributed by atoms with Gasteiger partial charge in [-0.25, -0.2) is 4.98 Å². The summed E-state index contributed by atoms with van der Waals surface area (Å²) >= 11 is 0. The van der Waals surface area contributed by atoms with Gasteiger partial charge in [0.15, 0.2) is 0 Å². The molecule has 0 aliphatic heterocycles. The molecule has 0 radical (unpaired) electrons. The van der Waals surface area contributed by atoms with E-state index in [4.69, 9.17) is 4.98 Å². The van der Waals surface area contributed by atoms with Gasteiger partial charge in [0.2, 0.25) is 0 Å². The molecule has 6 nitrogen and oxygen atoms in total. The van der Waals surface area contributed by atoms with E-state index in [9.17, 15) is 4.79 Å². The molecule has 1 amide bonds. The Morgan fingerprint density at radius 2 is 1.90 bits per heavy atom. The molecule has 1 N–H and O–H groups in total. The number of rotatable bonds is 6. The first-order chi connectivity index (χ1) is 14.6. The normalized spacial score (nSPS) is 13.7. The van der Waals surface area contributed by atoms with Crippen LogP contribution in [0.3, 0.4) is 0 Å². The van der Waals surface area contributed by atoms with Crippen LogP contribution in [-0.4, -0.2) is 25.2 Å². The van der Waals surface area contributed by atoms with Crippen LogP contribution in [0.25, 0.3) is 11.0 Å². The predicted molar refractivity (Wildman–Crippen MR) is 116 cm³/mol. The monoisotopic (exact) mass is 399 g/mol. The Morgan fingerprint density at radius 1 is 1.10 bits per heavy atom. The molecule has 152 valence electrons. The highest BCUT2D eigenvalue weighted by Gasteiger charge is 2.28. The zero-order valence-corrected chi connectivity index (χ0v) is 17.3. The van der Waals surface area contributed by atoms with Crippen molar-refractivity contribution in [3.05, 3.63) is 82.9 Å². The summed E-state index contributed by atoms with van der Waals surface area (Å²) in [5.74, 6) is 1.68. The van der Waals surface area contributed by atoms with Crippen molar-refractivity contribution in [1.29, 1.82) is 0 Å². The van der Waals surface area contributed by atoms with Crippen LogP contribution in [0.5, 0.6) is 0 Å². The van der Waals surface area contributed by atoms with E-state index in [1.165, 1.54) is 18.7 Å². The van der Waals surface area contributed by atoms with Crippen molar-refractivity contribution in [2.45, 2.75) is 31.7 Å². The number of nitrogens with one attached hydrogen (secondary N) is 1. The third-order valence-corrected chi connectivity index (χ3v) is 5.90. The number of aromatic nitrogens is 4. The Bertz CT molecular complexity index is 1220. The van der Waals surface area contributed by atoms with Gasteiger partial charge >= 0.3 is 0 Å². The number of hydrogen-bond acceptors (Lipinski definition) is 3. The third kappa shape index (κ3) is 3.49. The summed E-state index contributed by atoms with van der Waals surface area (Å²) in [6.45, 7) is 0.462. The lowest BCUT2D eigenvalue weighted by atomic mass is 10.1. The summed E-state index contributed by atoms with van der Waals surface area (Å²) in [5, 5.41) is 7.36. The van der Waals surface area contributed by atoms with Crippen LogP contribution in [0.15, 0.2) is 54.7 Å². The smallest absolute Gasteiger partial charge is 0.255 e. The van der Waals surface area contributed by atoms with Crippen molar-refractivity contribution in [1.82, 2.24) is 24.6 Å². The average molecular weight is 399 g/mol. The minimum Gasteiger partial charge on any atom is -0.348 e. The molecule has 2 heterocycles. The molecule has 1 aliphatic rings. The minimum absolute atomic E-state index is 0.103. The maximum absolute atomic E-state index is 12.9. The van der Waals surface area contributed by atoms with Crippen LogP contribution in [0.4, 0.5) is 0 Å². The molecule has 0 saturated heterocycles. The molecular weight excluding hydrogens is 374 g/mol. The Labute approximate surface area is 175 Å². The second-order valence-electron chi connectivity index (χ2n) is 8.10. The number of fused-ring (bicyclic) bond motifs is 1. The molecule has 2 aromatic heterocycles. The van der Waals surface area contributed by atoms with Crippen molar-refractivity contribution >= 4 is 16.9 Å². The van der Waals surface area contributed by atoms with Gasteiger partial charge in [-0.05, 0) is 36.1 Å². The molecule has 0 bridgehead atoms. The fourth-order valence-electron chi connectivity index (χ4n) is 4.01. The van der Waals surface area contributed by atoms with E-state index in [2.05, 4.69) is 52.4 Å². The van der Waals surface area contributed by atoms with Gasteiger partial charge in [0, 0.05) is 33.0 Å².